The van der Waals surface area contributed by atoms with Crippen molar-refractivity contribution in [3.63, 3.8) is 0 Å². The number of methoxy groups -OCH3 is 1. The first-order valence-corrected chi connectivity index (χ1v) is 6.61. The second-order valence-corrected chi connectivity index (χ2v) is 4.84. The Bertz CT molecular complexity index is 426. The molecule has 1 heterocycles. The Morgan fingerprint density at radius 2 is 2.22 bits per heavy atom. The number of hydrogen-bond donors (Lipinski definition) is 0. The minimum Gasteiger partial charge on any atom is -0.496 e. The quantitative estimate of drug-likeness (QED) is 0.821. The summed E-state index contributed by atoms with van der Waals surface area (Å²) in [4.78, 5) is 0. The van der Waals surface area contributed by atoms with Crippen LogP contribution in [0.25, 0.3) is 0 Å². The molecule has 0 aromatic heterocycles. The largest absolute Gasteiger partial charge is 0.496 e. The van der Waals surface area contributed by atoms with Gasteiger partial charge in [-0.1, -0.05) is 6.92 Å². The molecule has 18 heavy (non-hydrogen) atoms. The lowest BCUT2D eigenvalue weighted by atomic mass is 9.95. The topological polar surface area (TPSA) is 27.7 Å². The van der Waals surface area contributed by atoms with Gasteiger partial charge in [-0.15, -0.1) is 0 Å². The lowest BCUT2D eigenvalue weighted by Gasteiger charge is -2.26. The van der Waals surface area contributed by atoms with Gasteiger partial charge in [-0.2, -0.15) is 0 Å². The van der Waals surface area contributed by atoms with Gasteiger partial charge in [0, 0.05) is 11.1 Å². The summed E-state index contributed by atoms with van der Waals surface area (Å²) >= 11 is 0. The molecule has 100 valence electrons. The summed E-state index contributed by atoms with van der Waals surface area (Å²) in [6.45, 7) is 7.63. The Morgan fingerprint density at radius 3 is 2.89 bits per heavy atom. The van der Waals surface area contributed by atoms with E-state index in [9.17, 15) is 0 Å². The first kappa shape index (κ1) is 13.2. The number of fused-ring (bicyclic) bond motifs is 1. The van der Waals surface area contributed by atoms with E-state index in [0.717, 1.165) is 36.5 Å². The Labute approximate surface area is 109 Å². The van der Waals surface area contributed by atoms with Crippen LogP contribution in [-0.2, 0) is 17.8 Å². The summed E-state index contributed by atoms with van der Waals surface area (Å²) in [7, 11) is 1.71. The highest BCUT2D eigenvalue weighted by Gasteiger charge is 2.23. The SMILES string of the molecule is CCCOc1c(C)c(OC)cc2c1COC(C)C2. The van der Waals surface area contributed by atoms with Crippen molar-refractivity contribution >= 4 is 0 Å². The predicted octanol–water partition coefficient (Wildman–Crippen LogP) is 3.25. The third kappa shape index (κ3) is 2.46. The van der Waals surface area contributed by atoms with Gasteiger partial charge in [-0.3, -0.25) is 0 Å². The zero-order chi connectivity index (χ0) is 13.1. The van der Waals surface area contributed by atoms with Gasteiger partial charge in [0.25, 0.3) is 0 Å². The highest BCUT2D eigenvalue weighted by atomic mass is 16.5. The molecule has 1 aromatic carbocycles. The van der Waals surface area contributed by atoms with Gasteiger partial charge in [0.1, 0.15) is 11.5 Å². The molecule has 0 radical (unpaired) electrons. The molecular formula is C15H22O3. The maximum atomic E-state index is 5.90. The van der Waals surface area contributed by atoms with Crippen molar-refractivity contribution in [3.8, 4) is 11.5 Å². The van der Waals surface area contributed by atoms with Gasteiger partial charge in [-0.05, 0) is 38.3 Å². The first-order chi connectivity index (χ1) is 8.67. The molecule has 0 N–H and O–H groups in total. The Kier molecular flexibility index (Phi) is 4.12. The molecule has 1 atom stereocenters. The minimum atomic E-state index is 0.268. The molecule has 1 aliphatic heterocycles. The Balaban J connectivity index is 2.44. The van der Waals surface area contributed by atoms with E-state index in [1.807, 2.05) is 6.92 Å². The molecule has 0 saturated heterocycles. The van der Waals surface area contributed by atoms with E-state index in [2.05, 4.69) is 19.9 Å². The average molecular weight is 250 g/mol. The van der Waals surface area contributed by atoms with E-state index in [4.69, 9.17) is 14.2 Å². The van der Waals surface area contributed by atoms with Crippen LogP contribution in [0.5, 0.6) is 11.5 Å². The molecule has 3 nitrogen and oxygen atoms in total. The molecular weight excluding hydrogens is 228 g/mol. The van der Waals surface area contributed by atoms with Gasteiger partial charge >= 0.3 is 0 Å². The van der Waals surface area contributed by atoms with Crippen LogP contribution >= 0.6 is 0 Å². The van der Waals surface area contributed by atoms with E-state index < -0.39 is 0 Å². The predicted molar refractivity (Wildman–Crippen MR) is 71.5 cm³/mol. The molecule has 0 saturated carbocycles. The van der Waals surface area contributed by atoms with Gasteiger partial charge < -0.3 is 14.2 Å². The number of hydrogen-bond acceptors (Lipinski definition) is 3. The Hall–Kier alpha value is -1.22. The fourth-order valence-corrected chi connectivity index (χ4v) is 2.38. The number of rotatable bonds is 4. The van der Waals surface area contributed by atoms with E-state index in [0.29, 0.717) is 6.61 Å². The molecule has 0 aliphatic carbocycles. The number of benzene rings is 1. The van der Waals surface area contributed by atoms with Crippen molar-refractivity contribution in [1.29, 1.82) is 0 Å². The Morgan fingerprint density at radius 1 is 1.44 bits per heavy atom. The van der Waals surface area contributed by atoms with Gasteiger partial charge in [0.05, 0.1) is 26.4 Å². The lowest BCUT2D eigenvalue weighted by molar-refractivity contribution is 0.0390. The van der Waals surface area contributed by atoms with Crippen LogP contribution in [-0.4, -0.2) is 19.8 Å². The second kappa shape index (κ2) is 5.61. The van der Waals surface area contributed by atoms with E-state index >= 15 is 0 Å². The maximum absolute atomic E-state index is 5.90. The standard InChI is InChI=1S/C15H22O3/c1-5-6-17-15-11(3)14(16-4)8-12-7-10(2)18-9-13(12)15/h8,10H,5-7,9H2,1-4H3. The van der Waals surface area contributed by atoms with Gasteiger partial charge in [0.2, 0.25) is 0 Å². The zero-order valence-electron chi connectivity index (χ0n) is 11.7. The van der Waals surface area contributed by atoms with Crippen LogP contribution in [0.4, 0.5) is 0 Å². The third-order valence-electron chi connectivity index (χ3n) is 3.37. The molecule has 2 rings (SSSR count). The first-order valence-electron chi connectivity index (χ1n) is 6.61. The molecule has 0 fully saturated rings. The molecule has 0 spiro atoms. The van der Waals surface area contributed by atoms with Gasteiger partial charge in [0.15, 0.2) is 0 Å². The van der Waals surface area contributed by atoms with Crippen molar-refractivity contribution in [1.82, 2.24) is 0 Å². The fraction of sp³-hybridized carbons (Fsp3) is 0.600. The van der Waals surface area contributed by atoms with Crippen LogP contribution < -0.4 is 9.47 Å². The molecule has 3 heteroatoms. The van der Waals surface area contributed by atoms with Crippen LogP contribution in [0, 0.1) is 6.92 Å². The molecule has 1 aromatic rings. The maximum Gasteiger partial charge on any atom is 0.131 e. The van der Waals surface area contributed by atoms with Crippen molar-refractivity contribution in [3.05, 3.63) is 22.8 Å². The second-order valence-electron chi connectivity index (χ2n) is 4.84. The van der Waals surface area contributed by atoms with E-state index in [1.54, 1.807) is 7.11 Å². The van der Waals surface area contributed by atoms with Crippen LogP contribution in [0.15, 0.2) is 6.07 Å². The van der Waals surface area contributed by atoms with Crippen LogP contribution in [0.3, 0.4) is 0 Å². The summed E-state index contributed by atoms with van der Waals surface area (Å²) < 4.78 is 17.1. The molecule has 0 bridgehead atoms. The van der Waals surface area contributed by atoms with Crippen molar-refractivity contribution < 1.29 is 14.2 Å². The molecule has 1 unspecified atom stereocenters. The third-order valence-corrected chi connectivity index (χ3v) is 3.37. The highest BCUT2D eigenvalue weighted by molar-refractivity contribution is 5.54. The van der Waals surface area contributed by atoms with Crippen molar-refractivity contribution in [2.24, 2.45) is 0 Å². The lowest BCUT2D eigenvalue weighted by Crippen LogP contribution is -2.20. The summed E-state index contributed by atoms with van der Waals surface area (Å²) in [5.41, 5.74) is 3.56. The zero-order valence-corrected chi connectivity index (χ0v) is 11.7. The van der Waals surface area contributed by atoms with Crippen molar-refractivity contribution in [2.45, 2.75) is 46.3 Å². The number of ether oxygens (including phenoxy) is 3. The minimum absolute atomic E-state index is 0.268. The van der Waals surface area contributed by atoms with Crippen LogP contribution in [0.1, 0.15) is 37.0 Å². The highest BCUT2D eigenvalue weighted by Crippen LogP contribution is 2.38. The van der Waals surface area contributed by atoms with E-state index in [-0.39, 0.29) is 6.10 Å². The van der Waals surface area contributed by atoms with E-state index in [1.165, 1.54) is 11.1 Å². The fourth-order valence-electron chi connectivity index (χ4n) is 2.38. The average Bonchev–Trinajstić information content (AvgIpc) is 2.37. The summed E-state index contributed by atoms with van der Waals surface area (Å²) in [6.07, 6.45) is 2.20. The van der Waals surface area contributed by atoms with Crippen molar-refractivity contribution in [2.75, 3.05) is 13.7 Å². The summed E-state index contributed by atoms with van der Waals surface area (Å²) in [6, 6.07) is 2.13. The van der Waals surface area contributed by atoms with Gasteiger partial charge in [-0.25, -0.2) is 0 Å². The summed E-state index contributed by atoms with van der Waals surface area (Å²) in [5, 5.41) is 0. The smallest absolute Gasteiger partial charge is 0.131 e. The summed E-state index contributed by atoms with van der Waals surface area (Å²) in [5.74, 6) is 1.87. The normalized spacial score (nSPS) is 18.3. The van der Waals surface area contributed by atoms with Crippen LogP contribution in [0.2, 0.25) is 0 Å². The monoisotopic (exact) mass is 250 g/mol. The molecule has 0 amide bonds. The molecule has 1 aliphatic rings.